The minimum atomic E-state index is -0.359. The fraction of sp³-hybridized carbons (Fsp3) is 0.300. The molecule has 1 aliphatic heterocycles. The van der Waals surface area contributed by atoms with Crippen LogP contribution in [-0.2, 0) is 4.79 Å². The number of phenols is 2. The predicted octanol–water partition coefficient (Wildman–Crippen LogP) is 4.11. The van der Waals surface area contributed by atoms with Gasteiger partial charge in [-0.25, -0.2) is 5.43 Å². The van der Waals surface area contributed by atoms with Crippen LogP contribution in [-0.4, -0.2) is 21.8 Å². The average Bonchev–Trinajstić information content (AvgIpc) is 2.65. The van der Waals surface area contributed by atoms with Crippen LogP contribution in [0.3, 0.4) is 0 Å². The lowest BCUT2D eigenvalue weighted by atomic mass is 9.94. The molecule has 3 N–H and O–H groups in total. The third-order valence-electron chi connectivity index (χ3n) is 4.65. The summed E-state index contributed by atoms with van der Waals surface area (Å²) in [5.41, 5.74) is 5.99. The highest BCUT2D eigenvalue weighted by Crippen LogP contribution is 2.35. The van der Waals surface area contributed by atoms with Crippen molar-refractivity contribution in [2.75, 3.05) is 0 Å². The van der Waals surface area contributed by atoms with E-state index in [1.807, 2.05) is 38.1 Å². The van der Waals surface area contributed by atoms with Gasteiger partial charge in [0.1, 0.15) is 11.5 Å². The molecule has 27 heavy (non-hydrogen) atoms. The number of nitrogens with one attached hydrogen (secondary N) is 1. The molecule has 3 rings (SSSR count). The molecule has 140 valence electrons. The fourth-order valence-electron chi connectivity index (χ4n) is 2.96. The van der Waals surface area contributed by atoms with Crippen molar-refractivity contribution >= 4 is 17.3 Å². The number of carbonyl (C=O) groups excluding carboxylic acids is 1. The van der Waals surface area contributed by atoms with Gasteiger partial charge in [0, 0.05) is 23.5 Å². The summed E-state index contributed by atoms with van der Waals surface area (Å²) in [6, 6.07) is 10.3. The van der Waals surface area contributed by atoms with Crippen molar-refractivity contribution < 1.29 is 15.0 Å². The second-order valence-electron chi connectivity index (χ2n) is 6.72. The second-order valence-corrected chi connectivity index (χ2v) is 6.72. The molecule has 7 heteroatoms. The van der Waals surface area contributed by atoms with Crippen LogP contribution in [0.15, 0.2) is 51.7 Å². The van der Waals surface area contributed by atoms with Crippen molar-refractivity contribution in [2.24, 2.45) is 21.2 Å². The number of azo groups is 1. The molecule has 1 heterocycles. The average molecular weight is 366 g/mol. The molecule has 2 atom stereocenters. The molecule has 1 aliphatic rings. The Morgan fingerprint density at radius 1 is 1.19 bits per heavy atom. The Balaban J connectivity index is 1.75. The first-order chi connectivity index (χ1) is 12.9. The number of aromatic hydroxyl groups is 2. The molecule has 0 radical (unpaired) electrons. The van der Waals surface area contributed by atoms with Gasteiger partial charge in [-0.05, 0) is 43.7 Å². The highest BCUT2D eigenvalue weighted by Gasteiger charge is 2.21. The van der Waals surface area contributed by atoms with E-state index in [-0.39, 0.29) is 29.4 Å². The first kappa shape index (κ1) is 18.6. The van der Waals surface area contributed by atoms with Gasteiger partial charge in [0.2, 0.25) is 5.91 Å². The maximum atomic E-state index is 11.4. The summed E-state index contributed by atoms with van der Waals surface area (Å²) in [6.45, 7) is 5.44. The van der Waals surface area contributed by atoms with Crippen LogP contribution >= 0.6 is 0 Å². The van der Waals surface area contributed by atoms with Gasteiger partial charge in [0.15, 0.2) is 0 Å². The van der Waals surface area contributed by atoms with Crippen LogP contribution in [0.5, 0.6) is 11.5 Å². The molecule has 0 saturated carbocycles. The molecule has 0 aromatic heterocycles. The zero-order valence-corrected chi connectivity index (χ0v) is 15.5. The summed E-state index contributed by atoms with van der Waals surface area (Å²) >= 11 is 0. The van der Waals surface area contributed by atoms with Gasteiger partial charge in [-0.1, -0.05) is 19.1 Å². The Labute approximate surface area is 157 Å². The van der Waals surface area contributed by atoms with Crippen LogP contribution in [0, 0.1) is 12.8 Å². The molecule has 0 aliphatic carbocycles. The van der Waals surface area contributed by atoms with E-state index in [0.29, 0.717) is 23.2 Å². The minimum absolute atomic E-state index is 0.0307. The van der Waals surface area contributed by atoms with Crippen molar-refractivity contribution in [1.29, 1.82) is 0 Å². The number of amides is 1. The van der Waals surface area contributed by atoms with Gasteiger partial charge in [0.25, 0.3) is 0 Å². The number of phenolic OH excluding ortho intramolecular Hbond substituents is 2. The highest BCUT2D eigenvalue weighted by atomic mass is 16.3. The molecule has 0 bridgehead atoms. The number of nitrogens with zero attached hydrogens (tertiary/aromatic N) is 3. The topological polar surface area (TPSA) is 107 Å². The van der Waals surface area contributed by atoms with Crippen LogP contribution < -0.4 is 5.43 Å². The maximum Gasteiger partial charge on any atom is 0.240 e. The van der Waals surface area contributed by atoms with Crippen LogP contribution in [0.2, 0.25) is 0 Å². The molecular weight excluding hydrogens is 344 g/mol. The largest absolute Gasteiger partial charge is 0.508 e. The van der Waals surface area contributed by atoms with Crippen molar-refractivity contribution in [3.05, 3.63) is 53.1 Å². The van der Waals surface area contributed by atoms with E-state index in [4.69, 9.17) is 0 Å². The molecule has 0 spiro atoms. The molecule has 7 nitrogen and oxygen atoms in total. The van der Waals surface area contributed by atoms with Crippen molar-refractivity contribution in [3.8, 4) is 11.5 Å². The Hall–Kier alpha value is -3.22. The zero-order valence-electron chi connectivity index (χ0n) is 15.5. The summed E-state index contributed by atoms with van der Waals surface area (Å²) < 4.78 is 0. The SMILES string of the molecule is Cc1c(O)ccc(C(C)N=Nc2ccc(C3=NNC(=O)CC3C)cc2)c1O. The summed E-state index contributed by atoms with van der Waals surface area (Å²) in [5.74, 6) is 0.0699. The lowest BCUT2D eigenvalue weighted by Gasteiger charge is -2.19. The first-order valence-electron chi connectivity index (χ1n) is 8.76. The first-order valence-corrected chi connectivity index (χ1v) is 8.76. The quantitative estimate of drug-likeness (QED) is 0.709. The third kappa shape index (κ3) is 3.97. The van der Waals surface area contributed by atoms with Crippen molar-refractivity contribution in [2.45, 2.75) is 33.2 Å². The fourth-order valence-corrected chi connectivity index (χ4v) is 2.96. The molecule has 2 aromatic rings. The smallest absolute Gasteiger partial charge is 0.240 e. The number of rotatable bonds is 4. The normalized spacial score (nSPS) is 18.3. The Bertz CT molecular complexity index is 920. The minimum Gasteiger partial charge on any atom is -0.508 e. The standard InChI is InChI=1S/C20H22N4O3/c1-11-10-18(26)23-24-19(11)14-4-6-15(7-5-14)22-21-13(3)16-8-9-17(25)12(2)20(16)27/h4-9,11,13,25,27H,10H2,1-3H3,(H,23,26). The van der Waals surface area contributed by atoms with Crippen LogP contribution in [0.4, 0.5) is 5.69 Å². The molecular formula is C20H22N4O3. The Morgan fingerprint density at radius 3 is 2.56 bits per heavy atom. The molecule has 1 amide bonds. The van der Waals surface area contributed by atoms with Crippen molar-refractivity contribution in [1.82, 2.24) is 5.43 Å². The van der Waals surface area contributed by atoms with Gasteiger partial charge >= 0.3 is 0 Å². The monoisotopic (exact) mass is 366 g/mol. The number of carbonyl (C=O) groups is 1. The number of hydrogen-bond acceptors (Lipinski definition) is 6. The van der Waals surface area contributed by atoms with Crippen LogP contribution in [0.25, 0.3) is 0 Å². The van der Waals surface area contributed by atoms with Gasteiger partial charge in [-0.15, -0.1) is 0 Å². The molecule has 0 fully saturated rings. The van der Waals surface area contributed by atoms with Crippen LogP contribution in [0.1, 0.15) is 43.0 Å². The lowest BCUT2D eigenvalue weighted by Crippen LogP contribution is -2.31. The van der Waals surface area contributed by atoms with E-state index < -0.39 is 0 Å². The van der Waals surface area contributed by atoms with Gasteiger partial charge in [-0.2, -0.15) is 15.3 Å². The van der Waals surface area contributed by atoms with Crippen molar-refractivity contribution in [3.63, 3.8) is 0 Å². The zero-order chi connectivity index (χ0) is 19.6. The molecule has 2 unspecified atom stereocenters. The lowest BCUT2D eigenvalue weighted by molar-refractivity contribution is -0.121. The van der Waals surface area contributed by atoms with Gasteiger partial charge in [0.05, 0.1) is 17.4 Å². The summed E-state index contributed by atoms with van der Waals surface area (Å²) in [7, 11) is 0. The number of benzene rings is 2. The summed E-state index contributed by atoms with van der Waals surface area (Å²) in [5, 5.41) is 32.4. The van der Waals surface area contributed by atoms with E-state index in [1.54, 1.807) is 13.0 Å². The van der Waals surface area contributed by atoms with E-state index >= 15 is 0 Å². The van der Waals surface area contributed by atoms with Gasteiger partial charge < -0.3 is 10.2 Å². The number of hydrogen-bond donors (Lipinski definition) is 3. The van der Waals surface area contributed by atoms with Gasteiger partial charge in [-0.3, -0.25) is 4.79 Å². The van der Waals surface area contributed by atoms with E-state index in [2.05, 4.69) is 20.8 Å². The van der Waals surface area contributed by atoms with E-state index in [9.17, 15) is 15.0 Å². The highest BCUT2D eigenvalue weighted by molar-refractivity contribution is 6.05. The van der Waals surface area contributed by atoms with E-state index in [1.165, 1.54) is 6.07 Å². The Morgan fingerprint density at radius 2 is 1.89 bits per heavy atom. The van der Waals surface area contributed by atoms with E-state index in [0.717, 1.165) is 11.3 Å². The second kappa shape index (κ2) is 7.57. The summed E-state index contributed by atoms with van der Waals surface area (Å²) in [6.07, 6.45) is 0.424. The maximum absolute atomic E-state index is 11.4. The summed E-state index contributed by atoms with van der Waals surface area (Å²) in [4.78, 5) is 11.4. The predicted molar refractivity (Wildman–Crippen MR) is 102 cm³/mol. The molecule has 2 aromatic carbocycles. The molecule has 0 saturated heterocycles. The number of hydrazone groups is 1. The third-order valence-corrected chi connectivity index (χ3v) is 4.65. The Kier molecular flexibility index (Phi) is 5.21.